The van der Waals surface area contributed by atoms with Gasteiger partial charge in [-0.2, -0.15) is 0 Å². The molecule has 2 aliphatic carbocycles. The van der Waals surface area contributed by atoms with Crippen LogP contribution in [0.15, 0.2) is 16.6 Å². The molecule has 1 heterocycles. The van der Waals surface area contributed by atoms with E-state index >= 15 is 0 Å². The van der Waals surface area contributed by atoms with Gasteiger partial charge >= 0.3 is 0 Å². The summed E-state index contributed by atoms with van der Waals surface area (Å²) in [5.74, 6) is 1.77. The number of nitrogens with two attached hydrogens (primary N) is 1. The van der Waals surface area contributed by atoms with Gasteiger partial charge in [0.15, 0.2) is 11.5 Å². The van der Waals surface area contributed by atoms with Crippen LogP contribution in [0.1, 0.15) is 37.7 Å². The largest absolute Gasteiger partial charge is 0.489 e. The fourth-order valence-electron chi connectivity index (χ4n) is 3.32. The first-order valence-electron chi connectivity index (χ1n) is 7.46. The molecule has 3 aliphatic rings. The molecule has 1 aromatic rings. The second kappa shape index (κ2) is 4.38. The van der Waals surface area contributed by atoms with Crippen LogP contribution in [0, 0.1) is 5.41 Å². The summed E-state index contributed by atoms with van der Waals surface area (Å²) in [5.41, 5.74) is 7.75. The number of rotatable bonds is 2. The molecule has 1 spiro atoms. The van der Waals surface area contributed by atoms with Gasteiger partial charge in [-0.1, -0.05) is 22.4 Å². The van der Waals surface area contributed by atoms with E-state index in [9.17, 15) is 0 Å². The van der Waals surface area contributed by atoms with Crippen molar-refractivity contribution < 1.29 is 9.47 Å². The van der Waals surface area contributed by atoms with Gasteiger partial charge in [-0.05, 0) is 43.4 Å². The van der Waals surface area contributed by atoms with Crippen LogP contribution in [-0.4, -0.2) is 19.8 Å². The molecule has 108 valence electrons. The first-order valence-corrected chi connectivity index (χ1v) is 8.26. The van der Waals surface area contributed by atoms with Crippen molar-refractivity contribution in [3.05, 3.63) is 22.2 Å². The average molecular weight is 338 g/mol. The quantitative estimate of drug-likeness (QED) is 0.899. The number of hydrogen-bond donors (Lipinski definition) is 1. The Morgan fingerprint density at radius 1 is 1.05 bits per heavy atom. The molecule has 1 aromatic carbocycles. The van der Waals surface area contributed by atoms with Crippen molar-refractivity contribution >= 4 is 15.9 Å². The Hall–Kier alpha value is -0.740. The Morgan fingerprint density at radius 2 is 1.70 bits per heavy atom. The first kappa shape index (κ1) is 13.0. The van der Waals surface area contributed by atoms with Gasteiger partial charge in [0, 0.05) is 21.8 Å². The smallest absolute Gasteiger partial charge is 0.162 e. The molecule has 4 rings (SSSR count). The third kappa shape index (κ3) is 1.88. The van der Waals surface area contributed by atoms with Crippen LogP contribution >= 0.6 is 15.9 Å². The summed E-state index contributed by atoms with van der Waals surface area (Å²) in [6, 6.07) is 4.23. The molecule has 0 aromatic heterocycles. The molecule has 2 saturated carbocycles. The highest BCUT2D eigenvalue weighted by Crippen LogP contribution is 2.52. The number of halogens is 1. The Balaban J connectivity index is 1.71. The van der Waals surface area contributed by atoms with Crippen LogP contribution in [0.5, 0.6) is 11.5 Å². The lowest BCUT2D eigenvalue weighted by Gasteiger charge is -2.42. The molecule has 0 bridgehead atoms. The standard InChI is InChI=1S/C16H20BrNO2/c17-12-7-14-13(19-9-15(4-5-15)10-20-14)6-11(12)16(8-18)2-1-3-16/h6-7H,1-5,8-10,18H2. The monoisotopic (exact) mass is 337 g/mol. The van der Waals surface area contributed by atoms with Crippen molar-refractivity contribution in [2.75, 3.05) is 19.8 Å². The van der Waals surface area contributed by atoms with E-state index in [-0.39, 0.29) is 10.8 Å². The highest BCUT2D eigenvalue weighted by Gasteiger charge is 2.46. The third-order valence-corrected chi connectivity index (χ3v) is 5.99. The molecular weight excluding hydrogens is 318 g/mol. The minimum absolute atomic E-state index is 0.140. The summed E-state index contributed by atoms with van der Waals surface area (Å²) in [4.78, 5) is 0. The third-order valence-electron chi connectivity index (χ3n) is 5.33. The average Bonchev–Trinajstić information content (AvgIpc) is 3.18. The lowest BCUT2D eigenvalue weighted by Crippen LogP contribution is -2.41. The summed E-state index contributed by atoms with van der Waals surface area (Å²) in [7, 11) is 0. The number of fused-ring (bicyclic) bond motifs is 1. The predicted octanol–water partition coefficient (Wildman–Crippen LogP) is 3.38. The van der Waals surface area contributed by atoms with E-state index in [4.69, 9.17) is 15.2 Å². The lowest BCUT2D eigenvalue weighted by molar-refractivity contribution is 0.196. The van der Waals surface area contributed by atoms with Gasteiger partial charge in [0.2, 0.25) is 0 Å². The highest BCUT2D eigenvalue weighted by molar-refractivity contribution is 9.10. The SMILES string of the molecule is NCC1(c2cc3c(cc2Br)OCC2(CC2)CO3)CCC1. The Kier molecular flexibility index (Phi) is 2.84. The normalized spacial score (nSPS) is 24.9. The summed E-state index contributed by atoms with van der Waals surface area (Å²) >= 11 is 3.71. The van der Waals surface area contributed by atoms with E-state index in [1.807, 2.05) is 0 Å². The van der Waals surface area contributed by atoms with Gasteiger partial charge in [-0.25, -0.2) is 0 Å². The summed E-state index contributed by atoms with van der Waals surface area (Å²) < 4.78 is 13.1. The number of benzene rings is 1. The molecule has 0 unspecified atom stereocenters. The second-order valence-electron chi connectivity index (χ2n) is 6.69. The van der Waals surface area contributed by atoms with Gasteiger partial charge in [-0.15, -0.1) is 0 Å². The molecule has 2 fully saturated rings. The van der Waals surface area contributed by atoms with E-state index < -0.39 is 0 Å². The summed E-state index contributed by atoms with van der Waals surface area (Å²) in [6.07, 6.45) is 6.06. The minimum atomic E-state index is 0.140. The highest BCUT2D eigenvalue weighted by atomic mass is 79.9. The van der Waals surface area contributed by atoms with Crippen molar-refractivity contribution in [3.63, 3.8) is 0 Å². The van der Waals surface area contributed by atoms with Crippen molar-refractivity contribution in [1.29, 1.82) is 0 Å². The van der Waals surface area contributed by atoms with Crippen LogP contribution in [-0.2, 0) is 5.41 Å². The molecule has 3 nitrogen and oxygen atoms in total. The molecule has 4 heteroatoms. The van der Waals surface area contributed by atoms with Crippen molar-refractivity contribution in [3.8, 4) is 11.5 Å². The lowest BCUT2D eigenvalue weighted by atomic mass is 9.64. The Morgan fingerprint density at radius 3 is 2.20 bits per heavy atom. The maximum absolute atomic E-state index is 6.04. The molecule has 2 N–H and O–H groups in total. The first-order chi connectivity index (χ1) is 9.66. The molecule has 0 saturated heterocycles. The van der Waals surface area contributed by atoms with Crippen LogP contribution in [0.2, 0.25) is 0 Å². The predicted molar refractivity (Wildman–Crippen MR) is 81.4 cm³/mol. The Bertz CT molecular complexity index is 544. The van der Waals surface area contributed by atoms with E-state index in [1.165, 1.54) is 37.7 Å². The molecule has 1 aliphatic heterocycles. The van der Waals surface area contributed by atoms with Gasteiger partial charge < -0.3 is 15.2 Å². The van der Waals surface area contributed by atoms with Crippen LogP contribution in [0.3, 0.4) is 0 Å². The van der Waals surface area contributed by atoms with Crippen LogP contribution in [0.25, 0.3) is 0 Å². The fraction of sp³-hybridized carbons (Fsp3) is 0.625. The maximum Gasteiger partial charge on any atom is 0.162 e. The zero-order valence-electron chi connectivity index (χ0n) is 11.6. The van der Waals surface area contributed by atoms with E-state index in [2.05, 4.69) is 28.1 Å². The Labute approximate surface area is 127 Å². The summed E-state index contributed by atoms with van der Waals surface area (Å²) in [5, 5.41) is 0. The van der Waals surface area contributed by atoms with Crippen molar-refractivity contribution in [1.82, 2.24) is 0 Å². The summed E-state index contributed by atoms with van der Waals surface area (Å²) in [6.45, 7) is 2.28. The second-order valence-corrected chi connectivity index (χ2v) is 7.55. The van der Waals surface area contributed by atoms with Gasteiger partial charge in [0.1, 0.15) is 0 Å². The van der Waals surface area contributed by atoms with Gasteiger partial charge in [0.05, 0.1) is 13.2 Å². The minimum Gasteiger partial charge on any atom is -0.489 e. The van der Waals surface area contributed by atoms with Crippen molar-refractivity contribution in [2.45, 2.75) is 37.5 Å². The zero-order chi connectivity index (χ0) is 13.8. The number of hydrogen-bond acceptors (Lipinski definition) is 3. The van der Waals surface area contributed by atoms with E-state index in [1.54, 1.807) is 0 Å². The van der Waals surface area contributed by atoms with E-state index in [0.717, 1.165) is 29.2 Å². The van der Waals surface area contributed by atoms with Crippen molar-refractivity contribution in [2.24, 2.45) is 11.1 Å². The zero-order valence-corrected chi connectivity index (χ0v) is 13.2. The maximum atomic E-state index is 6.04. The fourth-order valence-corrected chi connectivity index (χ4v) is 4.07. The van der Waals surface area contributed by atoms with Gasteiger partial charge in [0.25, 0.3) is 0 Å². The molecule has 0 atom stereocenters. The van der Waals surface area contributed by atoms with Crippen LogP contribution in [0.4, 0.5) is 0 Å². The number of ether oxygens (including phenoxy) is 2. The van der Waals surface area contributed by atoms with Crippen LogP contribution < -0.4 is 15.2 Å². The van der Waals surface area contributed by atoms with E-state index in [0.29, 0.717) is 6.54 Å². The molecule has 0 radical (unpaired) electrons. The topological polar surface area (TPSA) is 44.5 Å². The molecular formula is C16H20BrNO2. The molecule has 0 amide bonds. The molecule has 20 heavy (non-hydrogen) atoms. The van der Waals surface area contributed by atoms with Gasteiger partial charge in [-0.3, -0.25) is 0 Å².